The maximum Gasteiger partial charge on any atom is 0.500 e. The Balaban J connectivity index is 4.76. The van der Waals surface area contributed by atoms with Crippen molar-refractivity contribution in [2.75, 3.05) is 53.3 Å². The van der Waals surface area contributed by atoms with Crippen molar-refractivity contribution < 1.29 is 39.2 Å². The monoisotopic (exact) mass is 466 g/mol. The smallest absolute Gasteiger partial charge is 0.377 e. The zero-order valence-corrected chi connectivity index (χ0v) is 19.6. The second kappa shape index (κ2) is 13.2. The minimum Gasteiger partial charge on any atom is -0.377 e. The topological polar surface area (TPSA) is 152 Å². The summed E-state index contributed by atoms with van der Waals surface area (Å²) in [5.74, 6) is -0.343. The van der Waals surface area contributed by atoms with E-state index >= 15 is 0 Å². The highest BCUT2D eigenvalue weighted by molar-refractivity contribution is 7.86. The van der Waals surface area contributed by atoms with Gasteiger partial charge in [-0.25, -0.2) is 0 Å². The average molecular weight is 467 g/mol. The van der Waals surface area contributed by atoms with E-state index in [-0.39, 0.29) is 18.6 Å². The third kappa shape index (κ3) is 11.1. The summed E-state index contributed by atoms with van der Waals surface area (Å²) in [6.07, 6.45) is 0.984. The molecule has 0 aliphatic carbocycles. The molecule has 0 heterocycles. The van der Waals surface area contributed by atoms with Crippen LogP contribution in [0.5, 0.6) is 0 Å². The molecule has 0 rings (SSSR count). The van der Waals surface area contributed by atoms with Crippen LogP contribution >= 0.6 is 0 Å². The van der Waals surface area contributed by atoms with Crippen molar-refractivity contribution in [1.82, 2.24) is 10.2 Å². The molecule has 0 fully saturated rings. The minimum atomic E-state index is -4.26. The first-order valence-electron chi connectivity index (χ1n) is 8.96. The summed E-state index contributed by atoms with van der Waals surface area (Å²) in [6.45, 7) is 3.10. The molecule has 0 aromatic carbocycles. The summed E-state index contributed by atoms with van der Waals surface area (Å²) < 4.78 is 79.1. The van der Waals surface area contributed by atoms with Gasteiger partial charge in [0.1, 0.15) is 5.37 Å². The van der Waals surface area contributed by atoms with Crippen molar-refractivity contribution in [2.45, 2.75) is 37.6 Å². The van der Waals surface area contributed by atoms with E-state index in [0.29, 0.717) is 38.6 Å². The Kier molecular flexibility index (Phi) is 13.1. The second-order valence-electron chi connectivity index (χ2n) is 6.20. The number of nitrogens with zero attached hydrogens (tertiary/aromatic N) is 1. The largest absolute Gasteiger partial charge is 0.500 e. The van der Waals surface area contributed by atoms with Crippen molar-refractivity contribution in [3.8, 4) is 0 Å². The lowest BCUT2D eigenvalue weighted by Crippen LogP contribution is -2.46. The zero-order valence-electron chi connectivity index (χ0n) is 17.0. The van der Waals surface area contributed by atoms with Gasteiger partial charge in [-0.15, -0.1) is 0 Å². The molecule has 11 nitrogen and oxygen atoms in total. The first-order chi connectivity index (χ1) is 12.9. The molecule has 0 saturated heterocycles. The van der Waals surface area contributed by atoms with Gasteiger partial charge in [-0.3, -0.25) is 14.0 Å². The normalized spacial score (nSPS) is 14.5. The van der Waals surface area contributed by atoms with Gasteiger partial charge in [-0.05, 0) is 32.4 Å². The molecule has 1 atom stereocenters. The number of nitrogens with one attached hydrogen (secondary N) is 1. The molecule has 0 radical (unpaired) electrons. The third-order valence-electron chi connectivity index (χ3n) is 4.29. The van der Waals surface area contributed by atoms with E-state index in [1.165, 1.54) is 21.3 Å². The van der Waals surface area contributed by atoms with Crippen LogP contribution in [-0.2, 0) is 33.5 Å². The van der Waals surface area contributed by atoms with E-state index in [0.717, 1.165) is 0 Å². The highest BCUT2D eigenvalue weighted by Crippen LogP contribution is 2.17. The Morgan fingerprint density at radius 1 is 0.964 bits per heavy atom. The Morgan fingerprint density at radius 2 is 1.54 bits per heavy atom. The predicted molar refractivity (Wildman–Crippen MR) is 107 cm³/mol. The Morgan fingerprint density at radius 3 is 1.96 bits per heavy atom. The van der Waals surface area contributed by atoms with E-state index in [4.69, 9.17) is 17.8 Å². The van der Waals surface area contributed by atoms with Crippen LogP contribution in [0.25, 0.3) is 0 Å². The standard InChI is InChI=1S/C14H34N2O9S2Si/c1-5-14(27(20,21)22)16(10-7-13-28(23-2,24-3)25-4)11-9-15-8-6-12-26(17,18)19/h14-15H,5-13H2,1-4H3,(H,17,18,19)(H,20,21,22). The fourth-order valence-electron chi connectivity index (χ4n) is 2.84. The van der Waals surface area contributed by atoms with Crippen LogP contribution < -0.4 is 5.32 Å². The van der Waals surface area contributed by atoms with Gasteiger partial charge in [-0.2, -0.15) is 16.8 Å². The maximum absolute atomic E-state index is 11.7. The Hall–Kier alpha value is -0.163. The van der Waals surface area contributed by atoms with Crippen molar-refractivity contribution >= 4 is 29.0 Å². The SMILES string of the molecule is CCC(N(CCC[Si](OC)(OC)OC)CCNCCCS(=O)(=O)O)S(=O)(=O)O. The molecule has 0 bridgehead atoms. The van der Waals surface area contributed by atoms with Gasteiger partial charge in [0.25, 0.3) is 20.2 Å². The molecule has 0 amide bonds. The van der Waals surface area contributed by atoms with Gasteiger partial charge < -0.3 is 18.6 Å². The van der Waals surface area contributed by atoms with Crippen molar-refractivity contribution in [2.24, 2.45) is 0 Å². The number of rotatable bonds is 17. The molecule has 0 aromatic heterocycles. The van der Waals surface area contributed by atoms with Crippen LogP contribution in [0.3, 0.4) is 0 Å². The lowest BCUT2D eigenvalue weighted by Gasteiger charge is -2.30. The van der Waals surface area contributed by atoms with Crippen LogP contribution in [0.1, 0.15) is 26.2 Å². The van der Waals surface area contributed by atoms with E-state index in [1.807, 2.05) is 0 Å². The molecule has 1 unspecified atom stereocenters. The van der Waals surface area contributed by atoms with Gasteiger partial charge in [0.2, 0.25) is 0 Å². The van der Waals surface area contributed by atoms with Gasteiger partial charge >= 0.3 is 8.80 Å². The van der Waals surface area contributed by atoms with E-state index in [9.17, 15) is 21.4 Å². The lowest BCUT2D eigenvalue weighted by molar-refractivity contribution is 0.120. The molecule has 0 spiro atoms. The third-order valence-corrected chi connectivity index (χ3v) is 9.25. The molecule has 28 heavy (non-hydrogen) atoms. The summed E-state index contributed by atoms with van der Waals surface area (Å²) in [6, 6.07) is 0.483. The predicted octanol–water partition coefficient (Wildman–Crippen LogP) is 0.0480. The van der Waals surface area contributed by atoms with Gasteiger partial charge in [-0.1, -0.05) is 6.92 Å². The Labute approximate surface area is 169 Å². The van der Waals surface area contributed by atoms with Gasteiger partial charge in [0.15, 0.2) is 0 Å². The van der Waals surface area contributed by atoms with E-state index in [2.05, 4.69) is 5.32 Å². The maximum atomic E-state index is 11.7. The molecule has 170 valence electrons. The van der Waals surface area contributed by atoms with Crippen molar-refractivity contribution in [3.05, 3.63) is 0 Å². The summed E-state index contributed by atoms with van der Waals surface area (Å²) in [5.41, 5.74) is 0. The van der Waals surface area contributed by atoms with Crippen molar-refractivity contribution in [3.63, 3.8) is 0 Å². The fourth-order valence-corrected chi connectivity index (χ4v) is 6.06. The second-order valence-corrected chi connectivity index (χ2v) is 12.4. The highest BCUT2D eigenvalue weighted by Gasteiger charge is 2.37. The number of hydrogen-bond acceptors (Lipinski definition) is 9. The molecular weight excluding hydrogens is 432 g/mol. The number of hydrogen-bond donors (Lipinski definition) is 3. The first kappa shape index (κ1) is 27.8. The van der Waals surface area contributed by atoms with Crippen LogP contribution in [0.2, 0.25) is 6.04 Å². The van der Waals surface area contributed by atoms with E-state index in [1.54, 1.807) is 11.8 Å². The van der Waals surface area contributed by atoms with Crippen LogP contribution in [-0.4, -0.2) is 98.3 Å². The Bertz CT molecular complexity index is 618. The molecule has 0 aliphatic rings. The summed E-state index contributed by atoms with van der Waals surface area (Å²) in [4.78, 5) is 1.64. The minimum absolute atomic E-state index is 0.211. The summed E-state index contributed by atoms with van der Waals surface area (Å²) in [7, 11) is -6.53. The molecule has 14 heteroatoms. The molecule has 0 saturated carbocycles. The fraction of sp³-hybridized carbons (Fsp3) is 1.00. The first-order valence-corrected chi connectivity index (χ1v) is 14.0. The van der Waals surface area contributed by atoms with E-state index < -0.39 is 34.4 Å². The molecule has 0 aliphatic heterocycles. The average Bonchev–Trinajstić information content (AvgIpc) is 2.60. The molecule has 3 N–H and O–H groups in total. The quantitative estimate of drug-likeness (QED) is 0.151. The van der Waals surface area contributed by atoms with Crippen LogP contribution in [0, 0.1) is 0 Å². The molecular formula is C14H34N2O9S2Si. The molecule has 0 aromatic rings. The summed E-state index contributed by atoms with van der Waals surface area (Å²) in [5, 5.41) is 1.95. The van der Waals surface area contributed by atoms with Gasteiger partial charge in [0.05, 0.1) is 5.75 Å². The van der Waals surface area contributed by atoms with Crippen LogP contribution in [0.15, 0.2) is 0 Å². The summed E-state index contributed by atoms with van der Waals surface area (Å²) >= 11 is 0. The highest BCUT2D eigenvalue weighted by atomic mass is 32.2. The van der Waals surface area contributed by atoms with Gasteiger partial charge in [0, 0.05) is 40.5 Å². The van der Waals surface area contributed by atoms with Crippen molar-refractivity contribution in [1.29, 1.82) is 0 Å². The zero-order chi connectivity index (χ0) is 21.8. The lowest BCUT2D eigenvalue weighted by atomic mass is 10.3. The van der Waals surface area contributed by atoms with Crippen LogP contribution in [0.4, 0.5) is 0 Å².